The number of ether oxygens (including phenoxy) is 1. The van der Waals surface area contributed by atoms with E-state index < -0.39 is 18.0 Å². The standard InChI is InChI=1S/C12H11ClFNO2/c13-12-6-9(14)8(7-15-12)3-4-11-10(16)2-1-5-17-11/h6-7,10-11,16H,1-2,5H2. The summed E-state index contributed by atoms with van der Waals surface area (Å²) in [6.45, 7) is 0.567. The van der Waals surface area contributed by atoms with Crippen molar-refractivity contribution in [2.45, 2.75) is 25.0 Å². The van der Waals surface area contributed by atoms with Crippen molar-refractivity contribution in [1.29, 1.82) is 0 Å². The second-order valence-corrected chi connectivity index (χ2v) is 4.14. The molecular weight excluding hydrogens is 245 g/mol. The van der Waals surface area contributed by atoms with Crippen LogP contribution in [0.4, 0.5) is 4.39 Å². The third-order valence-electron chi connectivity index (χ3n) is 2.46. The largest absolute Gasteiger partial charge is 0.389 e. The van der Waals surface area contributed by atoms with Gasteiger partial charge in [-0.2, -0.15) is 0 Å². The van der Waals surface area contributed by atoms with Crippen molar-refractivity contribution in [2.75, 3.05) is 6.61 Å². The predicted molar refractivity (Wildman–Crippen MR) is 61.1 cm³/mol. The summed E-state index contributed by atoms with van der Waals surface area (Å²) in [4.78, 5) is 3.74. The van der Waals surface area contributed by atoms with Crippen LogP contribution in [0, 0.1) is 17.7 Å². The molecule has 0 bridgehead atoms. The lowest BCUT2D eigenvalue weighted by Crippen LogP contribution is -2.32. The Hall–Kier alpha value is -1.15. The van der Waals surface area contributed by atoms with Crippen LogP contribution in [-0.4, -0.2) is 28.9 Å². The Morgan fingerprint density at radius 2 is 2.41 bits per heavy atom. The van der Waals surface area contributed by atoms with Gasteiger partial charge in [0.1, 0.15) is 17.1 Å². The second kappa shape index (κ2) is 5.46. The van der Waals surface area contributed by atoms with Gasteiger partial charge in [0, 0.05) is 18.9 Å². The molecule has 1 saturated heterocycles. The van der Waals surface area contributed by atoms with E-state index in [1.807, 2.05) is 0 Å². The Labute approximate surface area is 104 Å². The molecule has 2 atom stereocenters. The lowest BCUT2D eigenvalue weighted by atomic mass is 10.1. The number of aromatic nitrogens is 1. The number of nitrogens with zero attached hydrogens (tertiary/aromatic N) is 1. The number of hydrogen-bond donors (Lipinski definition) is 1. The van der Waals surface area contributed by atoms with Crippen molar-refractivity contribution in [3.63, 3.8) is 0 Å². The molecule has 2 rings (SSSR count). The highest BCUT2D eigenvalue weighted by Crippen LogP contribution is 2.14. The maximum absolute atomic E-state index is 13.4. The smallest absolute Gasteiger partial charge is 0.144 e. The normalized spacial score (nSPS) is 23.9. The van der Waals surface area contributed by atoms with E-state index in [1.54, 1.807) is 0 Å². The molecule has 0 spiro atoms. The van der Waals surface area contributed by atoms with E-state index in [-0.39, 0.29) is 10.7 Å². The fourth-order valence-electron chi connectivity index (χ4n) is 1.55. The molecule has 0 amide bonds. The van der Waals surface area contributed by atoms with Crippen molar-refractivity contribution in [1.82, 2.24) is 4.98 Å². The van der Waals surface area contributed by atoms with Gasteiger partial charge in [0.05, 0.1) is 11.7 Å². The minimum absolute atomic E-state index is 0.0852. The van der Waals surface area contributed by atoms with Crippen LogP contribution in [0.3, 0.4) is 0 Å². The Bertz CT molecular complexity index is 469. The third kappa shape index (κ3) is 3.16. The van der Waals surface area contributed by atoms with E-state index in [0.717, 1.165) is 12.5 Å². The Morgan fingerprint density at radius 1 is 1.59 bits per heavy atom. The summed E-state index contributed by atoms with van der Waals surface area (Å²) in [7, 11) is 0. The molecule has 5 heteroatoms. The Kier molecular flexibility index (Phi) is 3.95. The van der Waals surface area contributed by atoms with E-state index >= 15 is 0 Å². The molecule has 1 N–H and O–H groups in total. The fourth-order valence-corrected chi connectivity index (χ4v) is 1.70. The summed E-state index contributed by atoms with van der Waals surface area (Å²) in [5.41, 5.74) is 0.149. The molecule has 1 fully saturated rings. The van der Waals surface area contributed by atoms with Gasteiger partial charge in [-0.25, -0.2) is 9.37 Å². The fraction of sp³-hybridized carbons (Fsp3) is 0.417. The second-order valence-electron chi connectivity index (χ2n) is 3.76. The molecule has 1 aliphatic rings. The van der Waals surface area contributed by atoms with Gasteiger partial charge in [-0.05, 0) is 12.8 Å². The molecule has 90 valence electrons. The lowest BCUT2D eigenvalue weighted by Gasteiger charge is -2.23. The zero-order valence-corrected chi connectivity index (χ0v) is 9.75. The SMILES string of the molecule is OC1CCCOC1C#Cc1cnc(Cl)cc1F. The number of rotatable bonds is 0. The van der Waals surface area contributed by atoms with Gasteiger partial charge in [-0.3, -0.25) is 0 Å². The van der Waals surface area contributed by atoms with Gasteiger partial charge < -0.3 is 9.84 Å². The van der Waals surface area contributed by atoms with Crippen molar-refractivity contribution in [3.8, 4) is 11.8 Å². The summed E-state index contributed by atoms with van der Waals surface area (Å²) in [5.74, 6) is 4.79. The number of aliphatic hydroxyl groups excluding tert-OH is 1. The van der Waals surface area contributed by atoms with Gasteiger partial charge in [-0.15, -0.1) is 0 Å². The molecular formula is C12H11ClFNO2. The van der Waals surface area contributed by atoms with Crippen LogP contribution < -0.4 is 0 Å². The van der Waals surface area contributed by atoms with Crippen molar-refractivity contribution in [2.24, 2.45) is 0 Å². The summed E-state index contributed by atoms with van der Waals surface area (Å²) < 4.78 is 18.7. The van der Waals surface area contributed by atoms with Crippen LogP contribution >= 0.6 is 11.6 Å². The summed E-state index contributed by atoms with van der Waals surface area (Å²) in [5, 5.41) is 9.69. The molecule has 17 heavy (non-hydrogen) atoms. The first kappa shape index (κ1) is 12.3. The van der Waals surface area contributed by atoms with Gasteiger partial charge in [0.25, 0.3) is 0 Å². The average Bonchev–Trinajstić information content (AvgIpc) is 2.30. The Balaban J connectivity index is 2.14. The van der Waals surface area contributed by atoms with Gasteiger partial charge in [-0.1, -0.05) is 23.4 Å². The van der Waals surface area contributed by atoms with Gasteiger partial charge in [0.2, 0.25) is 0 Å². The first-order valence-corrected chi connectivity index (χ1v) is 5.67. The van der Waals surface area contributed by atoms with Crippen LogP contribution in [0.5, 0.6) is 0 Å². The number of hydrogen-bond acceptors (Lipinski definition) is 3. The zero-order valence-electron chi connectivity index (χ0n) is 8.99. The zero-order chi connectivity index (χ0) is 12.3. The third-order valence-corrected chi connectivity index (χ3v) is 2.67. The molecule has 0 aliphatic carbocycles. The van der Waals surface area contributed by atoms with Crippen molar-refractivity contribution < 1.29 is 14.2 Å². The predicted octanol–water partition coefficient (Wildman–Crippen LogP) is 1.77. The van der Waals surface area contributed by atoms with Crippen molar-refractivity contribution in [3.05, 3.63) is 28.8 Å². The highest BCUT2D eigenvalue weighted by Gasteiger charge is 2.21. The first-order chi connectivity index (χ1) is 8.16. The quantitative estimate of drug-likeness (QED) is 0.567. The summed E-state index contributed by atoms with van der Waals surface area (Å²) in [6, 6.07) is 1.10. The number of pyridine rings is 1. The molecule has 0 radical (unpaired) electrons. The van der Waals surface area contributed by atoms with Crippen LogP contribution in [0.2, 0.25) is 5.15 Å². The van der Waals surface area contributed by atoms with E-state index in [9.17, 15) is 9.50 Å². The average molecular weight is 256 g/mol. The summed E-state index contributed by atoms with van der Waals surface area (Å²) in [6.07, 6.45) is 1.56. The van der Waals surface area contributed by atoms with Crippen LogP contribution in [0.25, 0.3) is 0 Å². The molecule has 0 aromatic carbocycles. The van der Waals surface area contributed by atoms with Crippen LogP contribution in [0.15, 0.2) is 12.3 Å². The van der Waals surface area contributed by atoms with Crippen LogP contribution in [-0.2, 0) is 4.74 Å². The number of halogens is 2. The number of aliphatic hydroxyl groups is 1. The summed E-state index contributed by atoms with van der Waals surface area (Å²) >= 11 is 5.52. The van der Waals surface area contributed by atoms with E-state index in [2.05, 4.69) is 16.8 Å². The van der Waals surface area contributed by atoms with Gasteiger partial charge in [0.15, 0.2) is 0 Å². The molecule has 2 unspecified atom stereocenters. The molecule has 3 nitrogen and oxygen atoms in total. The monoisotopic (exact) mass is 255 g/mol. The van der Waals surface area contributed by atoms with Gasteiger partial charge >= 0.3 is 0 Å². The van der Waals surface area contributed by atoms with Crippen LogP contribution in [0.1, 0.15) is 18.4 Å². The maximum atomic E-state index is 13.4. The maximum Gasteiger partial charge on any atom is 0.144 e. The molecule has 0 saturated carbocycles. The minimum atomic E-state index is -0.612. The first-order valence-electron chi connectivity index (χ1n) is 5.29. The molecule has 1 aromatic rings. The molecule has 2 heterocycles. The highest BCUT2D eigenvalue weighted by atomic mass is 35.5. The molecule has 1 aromatic heterocycles. The lowest BCUT2D eigenvalue weighted by molar-refractivity contribution is -0.0434. The van der Waals surface area contributed by atoms with E-state index in [0.29, 0.717) is 13.0 Å². The Morgan fingerprint density at radius 3 is 3.12 bits per heavy atom. The highest BCUT2D eigenvalue weighted by molar-refractivity contribution is 6.29. The van der Waals surface area contributed by atoms with E-state index in [1.165, 1.54) is 6.20 Å². The van der Waals surface area contributed by atoms with E-state index in [4.69, 9.17) is 16.3 Å². The minimum Gasteiger partial charge on any atom is -0.389 e. The molecule has 1 aliphatic heterocycles. The van der Waals surface area contributed by atoms with Crippen molar-refractivity contribution >= 4 is 11.6 Å². The topological polar surface area (TPSA) is 42.4 Å².